The van der Waals surface area contributed by atoms with Gasteiger partial charge in [-0.25, -0.2) is 8.78 Å². The van der Waals surface area contributed by atoms with E-state index in [4.69, 9.17) is 0 Å². The van der Waals surface area contributed by atoms with E-state index in [-0.39, 0.29) is 11.6 Å². The number of likely N-dealkylation sites (N-methyl/N-ethyl adjacent to an activating group) is 1. The molecule has 0 radical (unpaired) electrons. The Labute approximate surface area is 139 Å². The third kappa shape index (κ3) is 2.63. The van der Waals surface area contributed by atoms with Crippen LogP contribution in [0.1, 0.15) is 16.8 Å². The monoisotopic (exact) mass is 324 g/mol. The van der Waals surface area contributed by atoms with Crippen molar-refractivity contribution in [3.63, 3.8) is 0 Å². The van der Waals surface area contributed by atoms with E-state index in [1.54, 1.807) is 12.1 Å². The van der Waals surface area contributed by atoms with Crippen LogP contribution in [0.4, 0.5) is 8.78 Å². The van der Waals surface area contributed by atoms with Crippen molar-refractivity contribution < 1.29 is 8.78 Å². The van der Waals surface area contributed by atoms with Crippen LogP contribution in [-0.4, -0.2) is 23.1 Å². The Balaban J connectivity index is 1.86. The molecule has 3 aromatic rings. The lowest BCUT2D eigenvalue weighted by Gasteiger charge is -2.23. The highest BCUT2D eigenvalue weighted by molar-refractivity contribution is 5.88. The topological polar surface area (TPSA) is 8.17 Å². The molecule has 0 aliphatic carbocycles. The number of halogens is 2. The molecule has 0 atom stereocenters. The molecule has 0 bridgehead atoms. The van der Waals surface area contributed by atoms with Crippen molar-refractivity contribution in [1.29, 1.82) is 0 Å². The Hall–Kier alpha value is -2.46. The van der Waals surface area contributed by atoms with Crippen LogP contribution in [0, 0.1) is 11.6 Å². The summed E-state index contributed by atoms with van der Waals surface area (Å²) in [6, 6.07) is 11.4. The summed E-state index contributed by atoms with van der Waals surface area (Å²) in [6.45, 7) is 1.79. The molecule has 0 N–H and O–H groups in total. The first-order valence-electron chi connectivity index (χ1n) is 8.05. The average molecular weight is 324 g/mol. The van der Waals surface area contributed by atoms with Crippen molar-refractivity contribution in [2.45, 2.75) is 13.0 Å². The molecule has 4 rings (SSSR count). The van der Waals surface area contributed by atoms with E-state index in [0.29, 0.717) is 0 Å². The molecule has 2 nitrogen and oxygen atoms in total. The largest absolute Gasteiger partial charge is 0.320 e. The van der Waals surface area contributed by atoms with E-state index < -0.39 is 0 Å². The van der Waals surface area contributed by atoms with Gasteiger partial charge in [0.25, 0.3) is 0 Å². The average Bonchev–Trinajstić information content (AvgIpc) is 2.85. The Morgan fingerprint density at radius 3 is 2.71 bits per heavy atom. The van der Waals surface area contributed by atoms with Gasteiger partial charge in [-0.1, -0.05) is 12.1 Å². The van der Waals surface area contributed by atoms with Crippen molar-refractivity contribution in [2.75, 3.05) is 13.6 Å². The highest BCUT2D eigenvalue weighted by atomic mass is 19.1. The van der Waals surface area contributed by atoms with Crippen LogP contribution in [0.5, 0.6) is 0 Å². The molecule has 24 heavy (non-hydrogen) atoms. The Morgan fingerprint density at radius 2 is 1.88 bits per heavy atom. The van der Waals surface area contributed by atoms with Gasteiger partial charge in [0.05, 0.1) is 5.52 Å². The van der Waals surface area contributed by atoms with Crippen molar-refractivity contribution >= 4 is 23.2 Å². The lowest BCUT2D eigenvalue weighted by molar-refractivity contribution is 0.312. The Morgan fingerprint density at radius 1 is 1.04 bits per heavy atom. The van der Waals surface area contributed by atoms with Gasteiger partial charge in [-0.2, -0.15) is 0 Å². The normalized spacial score (nSPS) is 15.3. The highest BCUT2D eigenvalue weighted by Crippen LogP contribution is 2.31. The first-order valence-corrected chi connectivity index (χ1v) is 8.05. The number of rotatable bonds is 2. The second-order valence-electron chi connectivity index (χ2n) is 6.32. The van der Waals surface area contributed by atoms with Gasteiger partial charge in [-0.05, 0) is 54.6 Å². The number of fused-ring (bicyclic) bond motifs is 3. The smallest absolute Gasteiger partial charge is 0.123 e. The maximum absolute atomic E-state index is 13.7. The summed E-state index contributed by atoms with van der Waals surface area (Å²) >= 11 is 0. The molecule has 2 aromatic carbocycles. The zero-order valence-corrected chi connectivity index (χ0v) is 13.5. The molecule has 0 unspecified atom stereocenters. The molecule has 4 heteroatoms. The van der Waals surface area contributed by atoms with E-state index in [9.17, 15) is 8.78 Å². The van der Waals surface area contributed by atoms with Gasteiger partial charge in [-0.3, -0.25) is 0 Å². The van der Waals surface area contributed by atoms with Crippen LogP contribution in [0.15, 0.2) is 42.5 Å². The van der Waals surface area contributed by atoms with Crippen LogP contribution in [0.25, 0.3) is 23.2 Å². The third-order valence-electron chi connectivity index (χ3n) is 4.61. The van der Waals surface area contributed by atoms with Gasteiger partial charge in [0.15, 0.2) is 0 Å². The van der Waals surface area contributed by atoms with Gasteiger partial charge in [0.1, 0.15) is 11.6 Å². The van der Waals surface area contributed by atoms with E-state index in [1.165, 1.54) is 29.5 Å². The molecule has 2 heterocycles. The third-order valence-corrected chi connectivity index (χ3v) is 4.61. The van der Waals surface area contributed by atoms with Crippen molar-refractivity contribution in [1.82, 2.24) is 9.47 Å². The van der Waals surface area contributed by atoms with Crippen molar-refractivity contribution in [3.05, 3.63) is 70.9 Å². The highest BCUT2D eigenvalue weighted by Gasteiger charge is 2.21. The van der Waals surface area contributed by atoms with Gasteiger partial charge >= 0.3 is 0 Å². The zero-order chi connectivity index (χ0) is 16.7. The maximum atomic E-state index is 13.7. The minimum Gasteiger partial charge on any atom is -0.320 e. The van der Waals surface area contributed by atoms with Gasteiger partial charge in [-0.15, -0.1) is 0 Å². The molecule has 0 amide bonds. The van der Waals surface area contributed by atoms with Crippen molar-refractivity contribution in [3.8, 4) is 0 Å². The fraction of sp³-hybridized carbons (Fsp3) is 0.200. The fourth-order valence-electron chi connectivity index (χ4n) is 3.44. The Bertz CT molecular complexity index is 940. The summed E-state index contributed by atoms with van der Waals surface area (Å²) in [6.07, 6.45) is 4.76. The second kappa shape index (κ2) is 5.87. The SMILES string of the molecule is CN1CCc2c(c3cc(F)ccc3n2/C=C\c2cccc(F)c2)C1. The summed E-state index contributed by atoms with van der Waals surface area (Å²) < 4.78 is 29.2. The maximum Gasteiger partial charge on any atom is 0.123 e. The summed E-state index contributed by atoms with van der Waals surface area (Å²) in [7, 11) is 2.08. The molecule has 0 spiro atoms. The molecular formula is C20H18F2N2. The van der Waals surface area contributed by atoms with Crippen LogP contribution >= 0.6 is 0 Å². The summed E-state index contributed by atoms with van der Waals surface area (Å²) in [5.41, 5.74) is 4.19. The van der Waals surface area contributed by atoms with Gasteiger partial charge in [0.2, 0.25) is 0 Å². The minimum absolute atomic E-state index is 0.218. The second-order valence-corrected chi connectivity index (χ2v) is 6.32. The van der Waals surface area contributed by atoms with Gasteiger partial charge < -0.3 is 9.47 Å². The van der Waals surface area contributed by atoms with E-state index in [0.717, 1.165) is 36.0 Å². The number of hydrogen-bond donors (Lipinski definition) is 0. The number of aromatic nitrogens is 1. The minimum atomic E-state index is -0.250. The molecular weight excluding hydrogens is 306 g/mol. The summed E-state index contributed by atoms with van der Waals surface area (Å²) in [5, 5.41) is 0.959. The van der Waals surface area contributed by atoms with Crippen molar-refractivity contribution in [2.24, 2.45) is 0 Å². The van der Waals surface area contributed by atoms with Crippen LogP contribution in [0.2, 0.25) is 0 Å². The molecule has 1 aliphatic rings. The summed E-state index contributed by atoms with van der Waals surface area (Å²) in [5.74, 6) is -0.468. The molecule has 1 aromatic heterocycles. The van der Waals surface area contributed by atoms with Crippen LogP contribution < -0.4 is 0 Å². The van der Waals surface area contributed by atoms with Crippen LogP contribution in [-0.2, 0) is 13.0 Å². The quantitative estimate of drug-likeness (QED) is 0.672. The molecule has 1 aliphatic heterocycles. The summed E-state index contributed by atoms with van der Waals surface area (Å²) in [4.78, 5) is 2.24. The molecule has 122 valence electrons. The first kappa shape index (κ1) is 15.1. The zero-order valence-electron chi connectivity index (χ0n) is 13.5. The number of nitrogens with zero attached hydrogens (tertiary/aromatic N) is 2. The molecule has 0 saturated heterocycles. The fourth-order valence-corrected chi connectivity index (χ4v) is 3.44. The molecule has 0 saturated carbocycles. The van der Waals surface area contributed by atoms with Crippen LogP contribution in [0.3, 0.4) is 0 Å². The first-order chi connectivity index (χ1) is 11.6. The predicted octanol–water partition coefficient (Wildman–Crippen LogP) is 4.54. The Kier molecular flexibility index (Phi) is 3.69. The van der Waals surface area contributed by atoms with E-state index in [2.05, 4.69) is 16.5 Å². The number of hydrogen-bond acceptors (Lipinski definition) is 1. The van der Waals surface area contributed by atoms with E-state index >= 15 is 0 Å². The molecule has 0 fully saturated rings. The van der Waals surface area contributed by atoms with Gasteiger partial charge in [0, 0.05) is 36.8 Å². The lowest BCUT2D eigenvalue weighted by atomic mass is 10.1. The standard InChI is InChI=1S/C20H18F2N2/c1-23-9-8-20-18(13-23)17-12-16(22)5-6-19(17)24(20)10-7-14-3-2-4-15(21)11-14/h2-7,10-12H,8-9,13H2,1H3/b10-7-. The predicted molar refractivity (Wildman–Crippen MR) is 93.6 cm³/mol. The lowest BCUT2D eigenvalue weighted by Crippen LogP contribution is -2.26. The number of benzene rings is 2. The van der Waals surface area contributed by atoms with E-state index in [1.807, 2.05) is 24.4 Å².